The highest BCUT2D eigenvalue weighted by Gasteiger charge is 2.24. The van der Waals surface area contributed by atoms with Crippen molar-refractivity contribution in [2.24, 2.45) is 0 Å². The molecule has 0 saturated heterocycles. The number of halogens is 1. The van der Waals surface area contributed by atoms with Gasteiger partial charge in [0.1, 0.15) is 0 Å². The minimum atomic E-state index is -0.425. The zero-order chi connectivity index (χ0) is 17.1. The van der Waals surface area contributed by atoms with E-state index in [0.717, 1.165) is 40.2 Å². The van der Waals surface area contributed by atoms with E-state index in [1.807, 2.05) is 18.3 Å². The van der Waals surface area contributed by atoms with Gasteiger partial charge >= 0.3 is 0 Å². The van der Waals surface area contributed by atoms with Crippen LogP contribution in [0.4, 0.5) is 0 Å². The Morgan fingerprint density at radius 2 is 2.17 bits per heavy atom. The van der Waals surface area contributed by atoms with Gasteiger partial charge in [-0.3, -0.25) is 4.79 Å². The second-order valence-electron chi connectivity index (χ2n) is 6.52. The van der Waals surface area contributed by atoms with E-state index in [1.54, 1.807) is 6.92 Å². The van der Waals surface area contributed by atoms with Crippen LogP contribution in [0.25, 0.3) is 10.9 Å². The number of carbonyl (C=O) groups is 1. The normalized spacial score (nSPS) is 22.5. The summed E-state index contributed by atoms with van der Waals surface area (Å²) in [5, 5.41) is 13.5. The standard InChI is InChI=1S/C18H23IN2O3/c1-11(22)10-24-15-4-2-14(3-5-15)21-18(23)16-9-13(19)8-12-6-7-20-17(12)16/h6-9,11,14-15,20,22H,2-5,10H2,1H3,(H,21,23)/t11?,14-,15-. The molecule has 0 aliphatic heterocycles. The third-order valence-corrected chi connectivity index (χ3v) is 5.07. The lowest BCUT2D eigenvalue weighted by Crippen LogP contribution is -2.39. The number of nitrogens with one attached hydrogen (secondary N) is 2. The molecule has 5 nitrogen and oxygen atoms in total. The van der Waals surface area contributed by atoms with Crippen LogP contribution >= 0.6 is 22.6 Å². The Morgan fingerprint density at radius 3 is 2.88 bits per heavy atom. The number of aromatic amines is 1. The van der Waals surface area contributed by atoms with Gasteiger partial charge < -0.3 is 20.1 Å². The highest BCUT2D eigenvalue weighted by molar-refractivity contribution is 14.1. The predicted octanol–water partition coefficient (Wildman–Crippen LogP) is 3.21. The Kier molecular flexibility index (Phi) is 5.78. The van der Waals surface area contributed by atoms with Crippen LogP contribution in [0.1, 0.15) is 43.0 Å². The molecule has 1 atom stereocenters. The van der Waals surface area contributed by atoms with E-state index in [1.165, 1.54) is 0 Å². The maximum atomic E-state index is 12.7. The van der Waals surface area contributed by atoms with Gasteiger partial charge in [0.15, 0.2) is 0 Å². The van der Waals surface area contributed by atoms with Crippen LogP contribution in [0, 0.1) is 3.57 Å². The first-order valence-electron chi connectivity index (χ1n) is 8.40. The lowest BCUT2D eigenvalue weighted by Gasteiger charge is -2.29. The van der Waals surface area contributed by atoms with Gasteiger partial charge in [0.05, 0.1) is 29.9 Å². The maximum absolute atomic E-state index is 12.7. The first kappa shape index (κ1) is 17.7. The van der Waals surface area contributed by atoms with Gasteiger partial charge in [-0.05, 0) is 73.4 Å². The molecule has 1 heterocycles. The molecule has 130 valence electrons. The van der Waals surface area contributed by atoms with Gasteiger partial charge in [-0.2, -0.15) is 0 Å². The van der Waals surface area contributed by atoms with Gasteiger partial charge in [-0.25, -0.2) is 0 Å². The number of fused-ring (bicyclic) bond motifs is 1. The molecule has 0 radical (unpaired) electrons. The monoisotopic (exact) mass is 442 g/mol. The average Bonchev–Trinajstić information content (AvgIpc) is 3.01. The van der Waals surface area contributed by atoms with Crippen molar-refractivity contribution < 1.29 is 14.6 Å². The fourth-order valence-corrected chi connectivity index (χ4v) is 3.87. The van der Waals surface area contributed by atoms with Crippen molar-refractivity contribution in [1.82, 2.24) is 10.3 Å². The predicted molar refractivity (Wildman–Crippen MR) is 102 cm³/mol. The van der Waals surface area contributed by atoms with Crippen LogP contribution in [0.15, 0.2) is 24.4 Å². The van der Waals surface area contributed by atoms with Crippen molar-refractivity contribution >= 4 is 39.4 Å². The first-order chi connectivity index (χ1) is 11.5. The van der Waals surface area contributed by atoms with E-state index < -0.39 is 6.10 Å². The molecule has 0 spiro atoms. The molecule has 1 aromatic heterocycles. The topological polar surface area (TPSA) is 74.3 Å². The van der Waals surface area contributed by atoms with Crippen molar-refractivity contribution in [2.75, 3.05) is 6.61 Å². The van der Waals surface area contributed by atoms with Gasteiger partial charge in [0.25, 0.3) is 5.91 Å². The molecule has 0 bridgehead atoms. The summed E-state index contributed by atoms with van der Waals surface area (Å²) in [4.78, 5) is 15.8. The first-order valence-corrected chi connectivity index (χ1v) is 9.48. The van der Waals surface area contributed by atoms with E-state index in [0.29, 0.717) is 12.2 Å². The van der Waals surface area contributed by atoms with Crippen LogP contribution in [0.2, 0.25) is 0 Å². The van der Waals surface area contributed by atoms with Crippen LogP contribution in [-0.4, -0.2) is 40.9 Å². The van der Waals surface area contributed by atoms with Crippen molar-refractivity contribution in [1.29, 1.82) is 0 Å². The minimum absolute atomic E-state index is 0.0192. The number of rotatable bonds is 5. The second kappa shape index (κ2) is 7.84. The van der Waals surface area contributed by atoms with Crippen molar-refractivity contribution in [3.05, 3.63) is 33.5 Å². The number of amides is 1. The molecular formula is C18H23IN2O3. The largest absolute Gasteiger partial charge is 0.391 e. The van der Waals surface area contributed by atoms with Crippen LogP contribution in [0.3, 0.4) is 0 Å². The third-order valence-electron chi connectivity index (χ3n) is 4.45. The molecular weight excluding hydrogens is 419 g/mol. The summed E-state index contributed by atoms with van der Waals surface area (Å²) in [6, 6.07) is 6.16. The van der Waals surface area contributed by atoms with Gasteiger partial charge in [0, 0.05) is 21.2 Å². The Bertz CT molecular complexity index is 705. The van der Waals surface area contributed by atoms with E-state index in [-0.39, 0.29) is 18.1 Å². The number of aliphatic hydroxyl groups excluding tert-OH is 1. The molecule has 1 saturated carbocycles. The van der Waals surface area contributed by atoms with Gasteiger partial charge in [-0.15, -0.1) is 0 Å². The summed E-state index contributed by atoms with van der Waals surface area (Å²) in [5.41, 5.74) is 1.59. The number of carbonyl (C=O) groups excluding carboxylic acids is 1. The molecule has 1 unspecified atom stereocenters. The van der Waals surface area contributed by atoms with Crippen LogP contribution in [-0.2, 0) is 4.74 Å². The average molecular weight is 442 g/mol. The summed E-state index contributed by atoms with van der Waals surface area (Å²) in [5.74, 6) is -0.0192. The summed E-state index contributed by atoms with van der Waals surface area (Å²) >= 11 is 2.24. The Morgan fingerprint density at radius 1 is 1.42 bits per heavy atom. The van der Waals surface area contributed by atoms with E-state index in [4.69, 9.17) is 4.74 Å². The lowest BCUT2D eigenvalue weighted by atomic mass is 9.92. The van der Waals surface area contributed by atoms with Crippen molar-refractivity contribution in [3.8, 4) is 0 Å². The summed E-state index contributed by atoms with van der Waals surface area (Å²) in [6.07, 6.45) is 5.29. The zero-order valence-electron chi connectivity index (χ0n) is 13.7. The number of ether oxygens (including phenoxy) is 1. The summed E-state index contributed by atoms with van der Waals surface area (Å²) < 4.78 is 6.73. The smallest absolute Gasteiger partial charge is 0.253 e. The number of aliphatic hydroxyl groups is 1. The number of hydrogen-bond acceptors (Lipinski definition) is 3. The Labute approximate surface area is 155 Å². The third kappa shape index (κ3) is 4.29. The highest BCUT2D eigenvalue weighted by Crippen LogP contribution is 2.24. The van der Waals surface area contributed by atoms with Crippen molar-refractivity contribution in [2.45, 2.75) is 50.9 Å². The maximum Gasteiger partial charge on any atom is 0.253 e. The van der Waals surface area contributed by atoms with Crippen LogP contribution in [0.5, 0.6) is 0 Å². The molecule has 24 heavy (non-hydrogen) atoms. The van der Waals surface area contributed by atoms with E-state index in [9.17, 15) is 9.90 Å². The Balaban J connectivity index is 1.59. The Hall–Kier alpha value is -1.12. The molecule has 1 amide bonds. The molecule has 1 fully saturated rings. The fraction of sp³-hybridized carbons (Fsp3) is 0.500. The minimum Gasteiger partial charge on any atom is -0.391 e. The number of H-pyrrole nitrogens is 1. The summed E-state index contributed by atoms with van der Waals surface area (Å²) in [6.45, 7) is 2.11. The quantitative estimate of drug-likeness (QED) is 0.623. The summed E-state index contributed by atoms with van der Waals surface area (Å²) in [7, 11) is 0. The molecule has 3 N–H and O–H groups in total. The molecule has 2 aromatic rings. The molecule has 1 aromatic carbocycles. The SMILES string of the molecule is CC(O)CO[C@H]1CC[C@H](NC(=O)c2cc(I)cc3cc[nH]c23)CC1. The lowest BCUT2D eigenvalue weighted by molar-refractivity contribution is -0.0210. The molecule has 3 rings (SSSR count). The number of benzene rings is 1. The van der Waals surface area contributed by atoms with Gasteiger partial charge in [-0.1, -0.05) is 0 Å². The van der Waals surface area contributed by atoms with Gasteiger partial charge in [0.2, 0.25) is 0 Å². The van der Waals surface area contributed by atoms with E-state index in [2.05, 4.69) is 39.0 Å². The van der Waals surface area contributed by atoms with Crippen molar-refractivity contribution in [3.63, 3.8) is 0 Å². The molecule has 6 heteroatoms. The number of aromatic nitrogens is 1. The fourth-order valence-electron chi connectivity index (χ4n) is 3.23. The molecule has 1 aliphatic carbocycles. The zero-order valence-corrected chi connectivity index (χ0v) is 15.9. The van der Waals surface area contributed by atoms with Crippen LogP contribution < -0.4 is 5.32 Å². The number of hydrogen-bond donors (Lipinski definition) is 3. The highest BCUT2D eigenvalue weighted by atomic mass is 127. The van der Waals surface area contributed by atoms with E-state index >= 15 is 0 Å². The second-order valence-corrected chi connectivity index (χ2v) is 7.77. The molecule has 1 aliphatic rings.